The van der Waals surface area contributed by atoms with Crippen LogP contribution < -0.4 is 15.5 Å². The molecule has 3 rings (SSSR count). The minimum Gasteiger partial charge on any atom is -0.352 e. The van der Waals surface area contributed by atoms with Gasteiger partial charge in [0.15, 0.2) is 0 Å². The van der Waals surface area contributed by atoms with Gasteiger partial charge in [0, 0.05) is 37.4 Å². The van der Waals surface area contributed by atoms with Crippen molar-refractivity contribution in [1.29, 1.82) is 0 Å². The number of carbonyl (C=O) groups is 2. The quantitative estimate of drug-likeness (QED) is 0.768. The van der Waals surface area contributed by atoms with Crippen LogP contribution in [0.3, 0.4) is 0 Å². The van der Waals surface area contributed by atoms with E-state index >= 15 is 0 Å². The van der Waals surface area contributed by atoms with E-state index in [1.54, 1.807) is 17.0 Å². The van der Waals surface area contributed by atoms with E-state index in [2.05, 4.69) is 20.7 Å². The van der Waals surface area contributed by atoms with Gasteiger partial charge in [0.1, 0.15) is 11.6 Å². The number of aromatic nitrogens is 3. The van der Waals surface area contributed by atoms with Crippen molar-refractivity contribution in [2.75, 3.05) is 24.5 Å². The second-order valence-corrected chi connectivity index (χ2v) is 6.42. The zero-order valence-corrected chi connectivity index (χ0v) is 15.4. The lowest BCUT2D eigenvalue weighted by Crippen LogP contribution is -2.29. The Labute approximate surface area is 152 Å². The summed E-state index contributed by atoms with van der Waals surface area (Å²) < 4.78 is 1.84. The van der Waals surface area contributed by atoms with E-state index in [1.165, 1.54) is 0 Å². The molecule has 138 valence electrons. The van der Waals surface area contributed by atoms with E-state index in [9.17, 15) is 9.59 Å². The highest BCUT2D eigenvalue weighted by atomic mass is 16.2. The van der Waals surface area contributed by atoms with Crippen LogP contribution in [0.4, 0.5) is 10.5 Å². The second kappa shape index (κ2) is 7.55. The van der Waals surface area contributed by atoms with Crippen LogP contribution in [0, 0.1) is 20.8 Å². The molecule has 26 heavy (non-hydrogen) atoms. The molecule has 2 aromatic rings. The van der Waals surface area contributed by atoms with Crippen molar-refractivity contribution >= 4 is 17.6 Å². The Balaban J connectivity index is 1.57. The van der Waals surface area contributed by atoms with Gasteiger partial charge in [0.25, 0.3) is 5.91 Å². The van der Waals surface area contributed by atoms with Crippen LogP contribution in [0.5, 0.6) is 0 Å². The number of hydrogen-bond acceptors (Lipinski definition) is 4. The molecule has 0 atom stereocenters. The molecule has 2 N–H and O–H groups in total. The maximum Gasteiger partial charge on any atom is 0.322 e. The standard InChI is InChI=1S/C18H24N6O2/c1-12-5-6-15(11-16(12)23-10-8-20-18(23)26)17(25)19-7-4-9-24-14(3)21-13(2)22-24/h5-6,11H,4,7-10H2,1-3H3,(H,19,25)(H,20,26). The zero-order chi connectivity index (χ0) is 18.7. The fraction of sp³-hybridized carbons (Fsp3) is 0.444. The van der Waals surface area contributed by atoms with Gasteiger partial charge in [-0.25, -0.2) is 9.78 Å². The van der Waals surface area contributed by atoms with Gasteiger partial charge in [-0.2, -0.15) is 5.10 Å². The third kappa shape index (κ3) is 3.84. The number of aryl methyl sites for hydroxylation is 4. The van der Waals surface area contributed by atoms with E-state index in [-0.39, 0.29) is 11.9 Å². The molecule has 1 aliphatic rings. The molecular formula is C18H24N6O2. The average Bonchev–Trinajstić information content (AvgIpc) is 3.16. The summed E-state index contributed by atoms with van der Waals surface area (Å²) in [4.78, 5) is 30.2. The van der Waals surface area contributed by atoms with Gasteiger partial charge in [0.2, 0.25) is 0 Å². The van der Waals surface area contributed by atoms with Crippen LogP contribution in [0.15, 0.2) is 18.2 Å². The monoisotopic (exact) mass is 356 g/mol. The second-order valence-electron chi connectivity index (χ2n) is 6.42. The van der Waals surface area contributed by atoms with Crippen molar-refractivity contribution in [2.45, 2.75) is 33.7 Å². The highest BCUT2D eigenvalue weighted by Gasteiger charge is 2.23. The van der Waals surface area contributed by atoms with Crippen molar-refractivity contribution in [3.05, 3.63) is 41.0 Å². The van der Waals surface area contributed by atoms with Crippen LogP contribution in [-0.2, 0) is 6.54 Å². The molecule has 8 nitrogen and oxygen atoms in total. The number of hydrogen-bond donors (Lipinski definition) is 2. The van der Waals surface area contributed by atoms with E-state index in [0.717, 1.165) is 29.3 Å². The molecule has 1 saturated heterocycles. The van der Waals surface area contributed by atoms with Gasteiger partial charge in [-0.05, 0) is 44.9 Å². The summed E-state index contributed by atoms with van der Waals surface area (Å²) in [5.74, 6) is 1.49. The number of rotatable bonds is 6. The van der Waals surface area contributed by atoms with Crippen LogP contribution in [0.25, 0.3) is 0 Å². The summed E-state index contributed by atoms with van der Waals surface area (Å²) in [5.41, 5.74) is 2.30. The van der Waals surface area contributed by atoms with Crippen LogP contribution in [0.2, 0.25) is 0 Å². The number of benzene rings is 1. The predicted octanol–water partition coefficient (Wildman–Crippen LogP) is 1.55. The predicted molar refractivity (Wildman–Crippen MR) is 98.4 cm³/mol. The summed E-state index contributed by atoms with van der Waals surface area (Å²) in [5, 5.41) is 10.0. The molecule has 0 spiro atoms. The molecule has 1 fully saturated rings. The van der Waals surface area contributed by atoms with E-state index < -0.39 is 0 Å². The highest BCUT2D eigenvalue weighted by Crippen LogP contribution is 2.23. The Morgan fingerprint density at radius 2 is 2.12 bits per heavy atom. The largest absolute Gasteiger partial charge is 0.352 e. The summed E-state index contributed by atoms with van der Waals surface area (Å²) in [7, 11) is 0. The maximum atomic E-state index is 12.4. The molecule has 1 aromatic heterocycles. The molecule has 1 aliphatic heterocycles. The van der Waals surface area contributed by atoms with Gasteiger partial charge in [0.05, 0.1) is 0 Å². The molecule has 2 heterocycles. The van der Waals surface area contributed by atoms with E-state index in [1.807, 2.05) is 31.5 Å². The fourth-order valence-electron chi connectivity index (χ4n) is 3.05. The molecule has 3 amide bonds. The molecule has 8 heteroatoms. The average molecular weight is 356 g/mol. The van der Waals surface area contributed by atoms with Gasteiger partial charge in [-0.1, -0.05) is 6.07 Å². The zero-order valence-electron chi connectivity index (χ0n) is 15.4. The lowest BCUT2D eigenvalue weighted by molar-refractivity contribution is 0.0952. The van der Waals surface area contributed by atoms with Crippen molar-refractivity contribution in [3.63, 3.8) is 0 Å². The van der Waals surface area contributed by atoms with Crippen LogP contribution in [0.1, 0.15) is 34.0 Å². The number of nitrogens with one attached hydrogen (secondary N) is 2. The summed E-state index contributed by atoms with van der Waals surface area (Å²) >= 11 is 0. The Kier molecular flexibility index (Phi) is 5.20. The first-order valence-corrected chi connectivity index (χ1v) is 8.78. The summed E-state index contributed by atoms with van der Waals surface area (Å²) in [6.45, 7) is 8.20. The summed E-state index contributed by atoms with van der Waals surface area (Å²) in [6, 6.07) is 5.31. The lowest BCUT2D eigenvalue weighted by atomic mass is 10.1. The molecular weight excluding hydrogens is 332 g/mol. The Hall–Kier alpha value is -2.90. The lowest BCUT2D eigenvalue weighted by Gasteiger charge is -2.18. The Morgan fingerprint density at radius 3 is 2.77 bits per heavy atom. The molecule has 0 aliphatic carbocycles. The number of amides is 3. The van der Waals surface area contributed by atoms with Crippen LogP contribution in [-0.4, -0.2) is 46.3 Å². The fourth-order valence-corrected chi connectivity index (χ4v) is 3.05. The molecule has 0 bridgehead atoms. The molecule has 0 unspecified atom stereocenters. The third-order valence-electron chi connectivity index (χ3n) is 4.41. The van der Waals surface area contributed by atoms with E-state index in [4.69, 9.17) is 0 Å². The van der Waals surface area contributed by atoms with Crippen molar-refractivity contribution in [1.82, 2.24) is 25.4 Å². The van der Waals surface area contributed by atoms with Crippen molar-refractivity contribution in [2.24, 2.45) is 0 Å². The minimum absolute atomic E-state index is 0.121. The first-order chi connectivity index (χ1) is 12.5. The smallest absolute Gasteiger partial charge is 0.322 e. The third-order valence-corrected chi connectivity index (χ3v) is 4.41. The van der Waals surface area contributed by atoms with Gasteiger partial charge < -0.3 is 10.6 Å². The highest BCUT2D eigenvalue weighted by molar-refractivity contribution is 5.99. The Morgan fingerprint density at radius 1 is 1.31 bits per heavy atom. The number of carbonyl (C=O) groups excluding carboxylic acids is 2. The normalized spacial score (nSPS) is 13.8. The van der Waals surface area contributed by atoms with Gasteiger partial charge >= 0.3 is 6.03 Å². The molecule has 0 saturated carbocycles. The molecule has 0 radical (unpaired) electrons. The minimum atomic E-state index is -0.141. The number of urea groups is 1. The SMILES string of the molecule is Cc1nc(C)n(CCCNC(=O)c2ccc(C)c(N3CCNC3=O)c2)n1. The topological polar surface area (TPSA) is 92.2 Å². The first-order valence-electron chi connectivity index (χ1n) is 8.78. The van der Waals surface area contributed by atoms with Gasteiger partial charge in [-0.3, -0.25) is 14.4 Å². The first kappa shape index (κ1) is 17.9. The van der Waals surface area contributed by atoms with E-state index in [0.29, 0.717) is 31.7 Å². The molecule has 1 aromatic carbocycles. The summed E-state index contributed by atoms with van der Waals surface area (Å²) in [6.07, 6.45) is 0.766. The number of nitrogens with zero attached hydrogens (tertiary/aromatic N) is 4. The van der Waals surface area contributed by atoms with Crippen molar-refractivity contribution in [3.8, 4) is 0 Å². The Bertz CT molecular complexity index is 829. The van der Waals surface area contributed by atoms with Crippen LogP contribution >= 0.6 is 0 Å². The van der Waals surface area contributed by atoms with Gasteiger partial charge in [-0.15, -0.1) is 0 Å². The number of anilines is 1. The maximum absolute atomic E-state index is 12.4. The van der Waals surface area contributed by atoms with Crippen molar-refractivity contribution < 1.29 is 9.59 Å².